The normalized spacial score (nSPS) is 11.4. The topological polar surface area (TPSA) is 36.4 Å². The van der Waals surface area contributed by atoms with Crippen molar-refractivity contribution in [2.45, 2.75) is 39.0 Å². The molecule has 0 spiro atoms. The van der Waals surface area contributed by atoms with E-state index in [1.54, 1.807) is 0 Å². The molecule has 0 aliphatic heterocycles. The van der Waals surface area contributed by atoms with E-state index < -0.39 is 0 Å². The summed E-state index contributed by atoms with van der Waals surface area (Å²) >= 11 is 0. The van der Waals surface area contributed by atoms with Gasteiger partial charge in [0.05, 0.1) is 0 Å². The number of aryl methyl sites for hydroxylation is 1. The highest BCUT2D eigenvalue weighted by Gasteiger charge is 1.96. The van der Waals surface area contributed by atoms with Crippen molar-refractivity contribution >= 4 is 5.96 Å². The maximum absolute atomic E-state index is 4.19. The van der Waals surface area contributed by atoms with Gasteiger partial charge in [0, 0.05) is 20.1 Å². The third-order valence-electron chi connectivity index (χ3n) is 3.04. The van der Waals surface area contributed by atoms with Crippen LogP contribution in [0.3, 0.4) is 0 Å². The van der Waals surface area contributed by atoms with Gasteiger partial charge in [-0.15, -0.1) is 0 Å². The van der Waals surface area contributed by atoms with E-state index in [0.29, 0.717) is 0 Å². The molecule has 0 heterocycles. The third kappa shape index (κ3) is 7.50. The Bertz CT molecular complexity index is 346. The lowest BCUT2D eigenvalue weighted by molar-refractivity contribution is 0.655. The molecule has 19 heavy (non-hydrogen) atoms. The molecule has 3 nitrogen and oxygen atoms in total. The van der Waals surface area contributed by atoms with E-state index in [9.17, 15) is 0 Å². The molecular formula is C16H27N3. The quantitative estimate of drug-likeness (QED) is 0.429. The van der Waals surface area contributed by atoms with Gasteiger partial charge in [-0.2, -0.15) is 0 Å². The molecular weight excluding hydrogens is 234 g/mol. The van der Waals surface area contributed by atoms with E-state index in [-0.39, 0.29) is 0 Å². The predicted molar refractivity (Wildman–Crippen MR) is 83.7 cm³/mol. The monoisotopic (exact) mass is 261 g/mol. The van der Waals surface area contributed by atoms with Gasteiger partial charge in [0.25, 0.3) is 0 Å². The molecule has 1 aromatic rings. The standard InChI is InChI=1S/C16H27N3/c1-3-13-18-16(17-2)19-14-9-5-8-12-15-10-6-4-7-11-15/h4,6-7,10-11H,3,5,8-9,12-14H2,1-2H3,(H2,17,18,19). The van der Waals surface area contributed by atoms with Crippen LogP contribution in [0.15, 0.2) is 35.3 Å². The summed E-state index contributed by atoms with van der Waals surface area (Å²) in [6.45, 7) is 4.13. The minimum absolute atomic E-state index is 0.921. The summed E-state index contributed by atoms with van der Waals surface area (Å²) in [5.41, 5.74) is 1.44. The average molecular weight is 261 g/mol. The Hall–Kier alpha value is -1.51. The van der Waals surface area contributed by atoms with Crippen LogP contribution >= 0.6 is 0 Å². The second kappa shape index (κ2) is 10.4. The number of nitrogens with zero attached hydrogens (tertiary/aromatic N) is 1. The van der Waals surface area contributed by atoms with Crippen molar-refractivity contribution in [1.82, 2.24) is 10.6 Å². The van der Waals surface area contributed by atoms with Gasteiger partial charge in [0.1, 0.15) is 0 Å². The molecule has 0 aromatic heterocycles. The Kier molecular flexibility index (Phi) is 8.52. The number of aliphatic imine (C=N–C) groups is 1. The number of hydrogen-bond donors (Lipinski definition) is 2. The lowest BCUT2D eigenvalue weighted by Gasteiger charge is -2.10. The fourth-order valence-corrected chi connectivity index (χ4v) is 1.95. The van der Waals surface area contributed by atoms with Crippen molar-refractivity contribution in [1.29, 1.82) is 0 Å². The van der Waals surface area contributed by atoms with Gasteiger partial charge < -0.3 is 10.6 Å². The van der Waals surface area contributed by atoms with Gasteiger partial charge in [-0.05, 0) is 31.2 Å². The van der Waals surface area contributed by atoms with Gasteiger partial charge >= 0.3 is 0 Å². The predicted octanol–water partition coefficient (Wildman–Crippen LogP) is 2.97. The van der Waals surface area contributed by atoms with Crippen LogP contribution in [0.1, 0.15) is 38.2 Å². The zero-order valence-corrected chi connectivity index (χ0v) is 12.3. The first-order valence-electron chi connectivity index (χ1n) is 7.35. The molecule has 1 aromatic carbocycles. The molecule has 0 radical (unpaired) electrons. The number of benzene rings is 1. The second-order valence-electron chi connectivity index (χ2n) is 4.72. The number of guanidine groups is 1. The van der Waals surface area contributed by atoms with Gasteiger partial charge in [0.2, 0.25) is 0 Å². The molecule has 0 bridgehead atoms. The largest absolute Gasteiger partial charge is 0.356 e. The molecule has 2 N–H and O–H groups in total. The highest BCUT2D eigenvalue weighted by molar-refractivity contribution is 5.79. The Morgan fingerprint density at radius 1 is 1.00 bits per heavy atom. The van der Waals surface area contributed by atoms with E-state index in [2.05, 4.69) is 52.9 Å². The second-order valence-corrected chi connectivity index (χ2v) is 4.72. The lowest BCUT2D eigenvalue weighted by Crippen LogP contribution is -2.38. The van der Waals surface area contributed by atoms with E-state index in [1.807, 2.05) is 7.05 Å². The summed E-state index contributed by atoms with van der Waals surface area (Å²) in [4.78, 5) is 4.19. The minimum Gasteiger partial charge on any atom is -0.356 e. The van der Waals surface area contributed by atoms with E-state index >= 15 is 0 Å². The minimum atomic E-state index is 0.921. The first-order valence-corrected chi connectivity index (χ1v) is 7.35. The zero-order valence-electron chi connectivity index (χ0n) is 12.3. The van der Waals surface area contributed by atoms with Crippen LogP contribution < -0.4 is 10.6 Å². The number of rotatable bonds is 8. The molecule has 0 atom stereocenters. The van der Waals surface area contributed by atoms with Crippen LogP contribution in [0, 0.1) is 0 Å². The Morgan fingerprint density at radius 2 is 1.74 bits per heavy atom. The Labute approximate surface area is 117 Å². The molecule has 0 unspecified atom stereocenters. The average Bonchev–Trinajstić information content (AvgIpc) is 2.47. The van der Waals surface area contributed by atoms with E-state index in [4.69, 9.17) is 0 Å². The molecule has 106 valence electrons. The van der Waals surface area contributed by atoms with Crippen molar-refractivity contribution in [2.24, 2.45) is 4.99 Å². The molecule has 0 saturated heterocycles. The fourth-order valence-electron chi connectivity index (χ4n) is 1.95. The smallest absolute Gasteiger partial charge is 0.190 e. The van der Waals surface area contributed by atoms with Crippen LogP contribution in [-0.4, -0.2) is 26.1 Å². The summed E-state index contributed by atoms with van der Waals surface area (Å²) in [5.74, 6) is 0.921. The van der Waals surface area contributed by atoms with Gasteiger partial charge in [0.15, 0.2) is 5.96 Å². The van der Waals surface area contributed by atoms with Crippen LogP contribution in [0.4, 0.5) is 0 Å². The van der Waals surface area contributed by atoms with Gasteiger partial charge in [-0.3, -0.25) is 4.99 Å². The zero-order chi connectivity index (χ0) is 13.8. The molecule has 3 heteroatoms. The van der Waals surface area contributed by atoms with Crippen LogP contribution in [-0.2, 0) is 6.42 Å². The summed E-state index contributed by atoms with van der Waals surface area (Å²) in [6.07, 6.45) is 6.01. The Morgan fingerprint density at radius 3 is 2.42 bits per heavy atom. The lowest BCUT2D eigenvalue weighted by atomic mass is 10.1. The van der Waals surface area contributed by atoms with Gasteiger partial charge in [-0.25, -0.2) is 0 Å². The maximum atomic E-state index is 4.19. The van der Waals surface area contributed by atoms with Crippen LogP contribution in [0.25, 0.3) is 0 Å². The van der Waals surface area contributed by atoms with E-state index in [0.717, 1.165) is 25.5 Å². The summed E-state index contributed by atoms with van der Waals surface area (Å²) in [5, 5.41) is 6.62. The summed E-state index contributed by atoms with van der Waals surface area (Å²) in [6, 6.07) is 10.7. The maximum Gasteiger partial charge on any atom is 0.190 e. The SMILES string of the molecule is CCCNC(=NC)NCCCCCc1ccccc1. The summed E-state index contributed by atoms with van der Waals surface area (Å²) in [7, 11) is 1.82. The first kappa shape index (κ1) is 15.5. The number of hydrogen-bond acceptors (Lipinski definition) is 1. The van der Waals surface area contributed by atoms with Crippen molar-refractivity contribution in [3.63, 3.8) is 0 Å². The van der Waals surface area contributed by atoms with Crippen molar-refractivity contribution in [3.8, 4) is 0 Å². The molecule has 0 aliphatic rings. The van der Waals surface area contributed by atoms with E-state index in [1.165, 1.54) is 31.2 Å². The first-order chi connectivity index (χ1) is 9.36. The van der Waals surface area contributed by atoms with Crippen molar-refractivity contribution in [3.05, 3.63) is 35.9 Å². The highest BCUT2D eigenvalue weighted by atomic mass is 15.2. The van der Waals surface area contributed by atoms with Crippen molar-refractivity contribution < 1.29 is 0 Å². The highest BCUT2D eigenvalue weighted by Crippen LogP contribution is 2.05. The number of unbranched alkanes of at least 4 members (excludes halogenated alkanes) is 2. The van der Waals surface area contributed by atoms with Gasteiger partial charge in [-0.1, -0.05) is 43.7 Å². The fraction of sp³-hybridized carbons (Fsp3) is 0.562. The molecule has 0 amide bonds. The summed E-state index contributed by atoms with van der Waals surface area (Å²) < 4.78 is 0. The van der Waals surface area contributed by atoms with Crippen LogP contribution in [0.5, 0.6) is 0 Å². The van der Waals surface area contributed by atoms with Crippen molar-refractivity contribution in [2.75, 3.05) is 20.1 Å². The third-order valence-corrected chi connectivity index (χ3v) is 3.04. The Balaban J connectivity index is 2.02. The molecule has 0 saturated carbocycles. The molecule has 0 aliphatic carbocycles. The van der Waals surface area contributed by atoms with Crippen LogP contribution in [0.2, 0.25) is 0 Å². The number of nitrogens with one attached hydrogen (secondary N) is 2. The molecule has 0 fully saturated rings. The molecule has 1 rings (SSSR count).